The molecule has 1 aliphatic rings. The Balaban J connectivity index is 2.40. The van der Waals surface area contributed by atoms with Crippen LogP contribution >= 0.6 is 0 Å². The van der Waals surface area contributed by atoms with Gasteiger partial charge in [0.05, 0.1) is 6.10 Å². The highest BCUT2D eigenvalue weighted by Gasteiger charge is 2.24. The van der Waals surface area contributed by atoms with E-state index >= 15 is 0 Å². The maximum atomic E-state index is 14.0. The van der Waals surface area contributed by atoms with Gasteiger partial charge in [-0.25, -0.2) is 4.39 Å². The molecule has 2 atom stereocenters. The summed E-state index contributed by atoms with van der Waals surface area (Å²) in [6.07, 6.45) is 5.09. The smallest absolute Gasteiger partial charge is 0.131 e. The molecule has 0 aromatic heterocycles. The minimum absolute atomic E-state index is 0.299. The van der Waals surface area contributed by atoms with Crippen LogP contribution in [0.4, 0.5) is 10.1 Å². The number of rotatable bonds is 3. The van der Waals surface area contributed by atoms with Crippen molar-refractivity contribution in [2.75, 3.05) is 11.4 Å². The van der Waals surface area contributed by atoms with Crippen molar-refractivity contribution >= 4 is 5.69 Å². The molecule has 0 saturated carbocycles. The number of halogens is 1. The number of benzene rings is 1. The van der Waals surface area contributed by atoms with Gasteiger partial charge in [0, 0.05) is 23.8 Å². The quantitative estimate of drug-likeness (QED) is 0.891. The molecule has 1 aromatic carbocycles. The summed E-state index contributed by atoms with van der Waals surface area (Å²) in [7, 11) is 0. The SMILES string of the molecule is CCC1CCCCCN1c1cccc(F)c1[C@H](C)O. The van der Waals surface area contributed by atoms with E-state index in [1.807, 2.05) is 6.07 Å². The number of aliphatic hydroxyl groups is 1. The Morgan fingerprint density at radius 1 is 1.37 bits per heavy atom. The van der Waals surface area contributed by atoms with E-state index in [9.17, 15) is 9.50 Å². The number of hydrogen-bond acceptors (Lipinski definition) is 2. The summed E-state index contributed by atoms with van der Waals surface area (Å²) in [5, 5.41) is 9.88. The first-order valence-corrected chi connectivity index (χ1v) is 7.38. The van der Waals surface area contributed by atoms with Gasteiger partial charge in [-0.2, -0.15) is 0 Å². The predicted octanol–water partition coefficient (Wildman–Crippen LogP) is 4.04. The molecule has 0 radical (unpaired) electrons. The lowest BCUT2D eigenvalue weighted by Gasteiger charge is -2.33. The first kappa shape index (κ1) is 14.3. The molecule has 1 aromatic rings. The predicted molar refractivity (Wildman–Crippen MR) is 76.9 cm³/mol. The fraction of sp³-hybridized carbons (Fsp3) is 0.625. The van der Waals surface area contributed by atoms with E-state index in [2.05, 4.69) is 11.8 Å². The van der Waals surface area contributed by atoms with Crippen molar-refractivity contribution in [3.05, 3.63) is 29.6 Å². The van der Waals surface area contributed by atoms with Gasteiger partial charge in [-0.05, 0) is 38.3 Å². The number of nitrogens with zero attached hydrogens (tertiary/aromatic N) is 1. The normalized spacial score (nSPS) is 22.1. The van der Waals surface area contributed by atoms with Gasteiger partial charge >= 0.3 is 0 Å². The lowest BCUT2D eigenvalue weighted by atomic mass is 10.0. The van der Waals surface area contributed by atoms with Crippen molar-refractivity contribution in [1.29, 1.82) is 0 Å². The van der Waals surface area contributed by atoms with Crippen LogP contribution in [0.5, 0.6) is 0 Å². The summed E-state index contributed by atoms with van der Waals surface area (Å²) >= 11 is 0. The van der Waals surface area contributed by atoms with Crippen LogP contribution in [0.3, 0.4) is 0 Å². The van der Waals surface area contributed by atoms with Crippen LogP contribution in [0.15, 0.2) is 18.2 Å². The fourth-order valence-electron chi connectivity index (χ4n) is 3.11. The van der Waals surface area contributed by atoms with E-state index in [1.165, 1.54) is 18.9 Å². The molecule has 1 aliphatic heterocycles. The average molecular weight is 265 g/mol. The Hall–Kier alpha value is -1.09. The molecule has 0 bridgehead atoms. The second-order valence-corrected chi connectivity index (χ2v) is 5.45. The zero-order valence-corrected chi connectivity index (χ0v) is 11.9. The van der Waals surface area contributed by atoms with E-state index in [1.54, 1.807) is 13.0 Å². The van der Waals surface area contributed by atoms with Gasteiger partial charge in [-0.3, -0.25) is 0 Å². The molecule has 1 saturated heterocycles. The zero-order valence-electron chi connectivity index (χ0n) is 11.9. The molecule has 3 heteroatoms. The molecule has 19 heavy (non-hydrogen) atoms. The van der Waals surface area contributed by atoms with E-state index < -0.39 is 6.10 Å². The molecular weight excluding hydrogens is 241 g/mol. The van der Waals surface area contributed by atoms with Crippen LogP contribution in [0.25, 0.3) is 0 Å². The van der Waals surface area contributed by atoms with Crippen molar-refractivity contribution in [2.24, 2.45) is 0 Å². The van der Waals surface area contributed by atoms with Gasteiger partial charge in [0.2, 0.25) is 0 Å². The van der Waals surface area contributed by atoms with Crippen LogP contribution in [0, 0.1) is 5.82 Å². The third-order valence-corrected chi connectivity index (χ3v) is 4.11. The first-order valence-electron chi connectivity index (χ1n) is 7.38. The van der Waals surface area contributed by atoms with E-state index in [-0.39, 0.29) is 5.82 Å². The van der Waals surface area contributed by atoms with Crippen LogP contribution < -0.4 is 4.90 Å². The van der Waals surface area contributed by atoms with Gasteiger partial charge in [0.25, 0.3) is 0 Å². The summed E-state index contributed by atoms with van der Waals surface area (Å²) < 4.78 is 14.0. The summed E-state index contributed by atoms with van der Waals surface area (Å²) in [4.78, 5) is 2.30. The van der Waals surface area contributed by atoms with Crippen LogP contribution in [-0.2, 0) is 0 Å². The van der Waals surface area contributed by atoms with Gasteiger partial charge in [0.15, 0.2) is 0 Å². The fourth-order valence-corrected chi connectivity index (χ4v) is 3.11. The maximum absolute atomic E-state index is 14.0. The highest BCUT2D eigenvalue weighted by Crippen LogP contribution is 2.33. The lowest BCUT2D eigenvalue weighted by Crippen LogP contribution is -2.35. The number of hydrogen-bond donors (Lipinski definition) is 1. The van der Waals surface area contributed by atoms with E-state index in [0.717, 1.165) is 31.5 Å². The monoisotopic (exact) mass is 265 g/mol. The standard InChI is InChI=1S/C16H24FNO/c1-3-13-8-5-4-6-11-18(13)15-10-7-9-14(17)16(15)12(2)19/h7,9-10,12-13,19H,3-6,8,11H2,1-2H3/t12-,13?/m0/s1. The molecule has 106 valence electrons. The van der Waals surface area contributed by atoms with E-state index in [4.69, 9.17) is 0 Å². The van der Waals surface area contributed by atoms with Crippen LogP contribution in [0.1, 0.15) is 57.6 Å². The average Bonchev–Trinajstić information content (AvgIpc) is 2.62. The molecule has 1 heterocycles. The number of anilines is 1. The summed E-state index contributed by atoms with van der Waals surface area (Å²) in [5.74, 6) is -0.299. The molecule has 1 unspecified atom stereocenters. The van der Waals surface area contributed by atoms with Crippen LogP contribution in [0.2, 0.25) is 0 Å². The molecular formula is C16H24FNO. The Labute approximate surface area is 115 Å². The van der Waals surface area contributed by atoms with Crippen molar-refractivity contribution in [1.82, 2.24) is 0 Å². The summed E-state index contributed by atoms with van der Waals surface area (Å²) in [5.41, 5.74) is 1.33. The largest absolute Gasteiger partial charge is 0.389 e. The Bertz CT molecular complexity index is 419. The Kier molecular flexibility index (Phi) is 4.81. The highest BCUT2D eigenvalue weighted by atomic mass is 19.1. The second kappa shape index (κ2) is 6.38. The minimum Gasteiger partial charge on any atom is -0.389 e. The zero-order chi connectivity index (χ0) is 13.8. The van der Waals surface area contributed by atoms with Gasteiger partial charge < -0.3 is 10.0 Å². The minimum atomic E-state index is -0.767. The Morgan fingerprint density at radius 2 is 2.16 bits per heavy atom. The third-order valence-electron chi connectivity index (χ3n) is 4.11. The van der Waals surface area contributed by atoms with Crippen LogP contribution in [-0.4, -0.2) is 17.7 Å². The lowest BCUT2D eigenvalue weighted by molar-refractivity contribution is 0.194. The molecule has 1 fully saturated rings. The molecule has 1 N–H and O–H groups in total. The molecule has 0 amide bonds. The summed E-state index contributed by atoms with van der Waals surface area (Å²) in [6, 6.07) is 5.58. The van der Waals surface area contributed by atoms with Gasteiger partial charge in [-0.15, -0.1) is 0 Å². The van der Waals surface area contributed by atoms with Crippen molar-refractivity contribution in [2.45, 2.75) is 58.1 Å². The third kappa shape index (κ3) is 3.08. The molecule has 0 spiro atoms. The molecule has 0 aliphatic carbocycles. The second-order valence-electron chi connectivity index (χ2n) is 5.45. The van der Waals surface area contributed by atoms with Crippen molar-refractivity contribution in [3.8, 4) is 0 Å². The number of aliphatic hydroxyl groups excluding tert-OH is 1. The molecule has 2 nitrogen and oxygen atoms in total. The Morgan fingerprint density at radius 3 is 2.84 bits per heavy atom. The summed E-state index contributed by atoms with van der Waals surface area (Å²) in [6.45, 7) is 4.78. The van der Waals surface area contributed by atoms with Gasteiger partial charge in [0.1, 0.15) is 5.82 Å². The van der Waals surface area contributed by atoms with Gasteiger partial charge in [-0.1, -0.05) is 25.8 Å². The molecule has 2 rings (SSSR count). The van der Waals surface area contributed by atoms with E-state index in [0.29, 0.717) is 11.6 Å². The first-order chi connectivity index (χ1) is 9.15. The highest BCUT2D eigenvalue weighted by molar-refractivity contribution is 5.56. The topological polar surface area (TPSA) is 23.5 Å². The van der Waals surface area contributed by atoms with Crippen molar-refractivity contribution in [3.63, 3.8) is 0 Å². The maximum Gasteiger partial charge on any atom is 0.131 e. The van der Waals surface area contributed by atoms with Crippen molar-refractivity contribution < 1.29 is 9.50 Å².